The van der Waals surface area contributed by atoms with E-state index in [1.807, 2.05) is 0 Å². The molecule has 1 atom stereocenters. The molecule has 0 aliphatic rings. The molecule has 0 radical (unpaired) electrons. The maximum atomic E-state index is 11.9. The number of methoxy groups -OCH3 is 1. The normalized spacial score (nSPS) is 12.4. The van der Waals surface area contributed by atoms with E-state index in [9.17, 15) is 9.59 Å². The van der Waals surface area contributed by atoms with E-state index < -0.39 is 23.7 Å². The van der Waals surface area contributed by atoms with E-state index >= 15 is 0 Å². The minimum absolute atomic E-state index is 0.307. The van der Waals surface area contributed by atoms with E-state index in [2.05, 4.69) is 5.32 Å². The first kappa shape index (κ1) is 18.1. The Kier molecular flexibility index (Phi) is 6.05. The number of carbonyl (C=O) groups excluding carboxylic acids is 1. The van der Waals surface area contributed by atoms with Gasteiger partial charge in [-0.1, -0.05) is 17.7 Å². The Labute approximate surface area is 134 Å². The van der Waals surface area contributed by atoms with Crippen LogP contribution in [0.5, 0.6) is 5.75 Å². The third-order valence-electron chi connectivity index (χ3n) is 2.65. The van der Waals surface area contributed by atoms with Gasteiger partial charge in [0.2, 0.25) is 0 Å². The Morgan fingerprint density at radius 2 is 2.00 bits per heavy atom. The van der Waals surface area contributed by atoms with Crippen LogP contribution in [-0.2, 0) is 9.53 Å². The average Bonchev–Trinajstić information content (AvgIpc) is 2.34. The number of carboxylic acid groups (broad SMARTS) is 1. The number of rotatable bonds is 5. The fourth-order valence-corrected chi connectivity index (χ4v) is 2.18. The highest BCUT2D eigenvalue weighted by Gasteiger charge is 2.26. The zero-order valence-corrected chi connectivity index (χ0v) is 13.7. The Hall–Kier alpha value is -1.95. The highest BCUT2D eigenvalue weighted by molar-refractivity contribution is 6.31. The zero-order valence-electron chi connectivity index (χ0n) is 13.0. The van der Waals surface area contributed by atoms with Crippen molar-refractivity contribution in [3.63, 3.8) is 0 Å². The maximum absolute atomic E-state index is 11.9. The van der Waals surface area contributed by atoms with Crippen molar-refractivity contribution in [3.05, 3.63) is 28.8 Å². The average molecular weight is 330 g/mol. The molecule has 0 fully saturated rings. The molecule has 0 spiro atoms. The van der Waals surface area contributed by atoms with E-state index in [0.29, 0.717) is 16.3 Å². The minimum Gasteiger partial charge on any atom is -0.496 e. The molecule has 0 heterocycles. The first-order chi connectivity index (χ1) is 10.1. The number of alkyl carbamates (subject to hydrolysis) is 1. The summed E-state index contributed by atoms with van der Waals surface area (Å²) in [5, 5.41) is 11.9. The lowest BCUT2D eigenvalue weighted by atomic mass is 10.0. The SMILES string of the molecule is COc1cccc(Cl)c1[C@@H](CC(=O)O)NC(=O)OC(C)(C)C. The molecule has 1 aromatic carbocycles. The van der Waals surface area contributed by atoms with Gasteiger partial charge in [-0.05, 0) is 32.9 Å². The molecule has 0 bridgehead atoms. The van der Waals surface area contributed by atoms with Crippen molar-refractivity contribution in [2.24, 2.45) is 0 Å². The molecule has 0 unspecified atom stereocenters. The molecule has 7 heteroatoms. The van der Waals surface area contributed by atoms with Crippen LogP contribution in [0.25, 0.3) is 0 Å². The lowest BCUT2D eigenvalue weighted by Crippen LogP contribution is -2.36. The number of ether oxygens (including phenoxy) is 2. The molecule has 0 aliphatic carbocycles. The monoisotopic (exact) mass is 329 g/mol. The van der Waals surface area contributed by atoms with Crippen molar-refractivity contribution in [2.75, 3.05) is 7.11 Å². The van der Waals surface area contributed by atoms with Gasteiger partial charge in [0.15, 0.2) is 0 Å². The summed E-state index contributed by atoms with van der Waals surface area (Å²) in [5.74, 6) is -0.683. The van der Waals surface area contributed by atoms with Crippen LogP contribution in [0.3, 0.4) is 0 Å². The van der Waals surface area contributed by atoms with Gasteiger partial charge in [-0.3, -0.25) is 4.79 Å². The second-order valence-corrected chi connectivity index (χ2v) is 6.06. The molecule has 0 saturated carbocycles. The number of halogens is 1. The van der Waals surface area contributed by atoms with Gasteiger partial charge in [0.25, 0.3) is 0 Å². The van der Waals surface area contributed by atoms with Crippen LogP contribution in [0.2, 0.25) is 5.02 Å². The molecule has 6 nitrogen and oxygen atoms in total. The van der Waals surface area contributed by atoms with Crippen LogP contribution in [0, 0.1) is 0 Å². The fraction of sp³-hybridized carbons (Fsp3) is 0.467. The van der Waals surface area contributed by atoms with Gasteiger partial charge in [0.1, 0.15) is 11.4 Å². The van der Waals surface area contributed by atoms with Gasteiger partial charge in [-0.15, -0.1) is 0 Å². The maximum Gasteiger partial charge on any atom is 0.408 e. The van der Waals surface area contributed by atoms with Gasteiger partial charge in [-0.2, -0.15) is 0 Å². The second-order valence-electron chi connectivity index (χ2n) is 5.65. The summed E-state index contributed by atoms with van der Waals surface area (Å²) < 4.78 is 10.4. The third kappa shape index (κ3) is 5.44. The van der Waals surface area contributed by atoms with Crippen LogP contribution < -0.4 is 10.1 Å². The number of hydrogen-bond acceptors (Lipinski definition) is 4. The van der Waals surface area contributed by atoms with Crippen molar-refractivity contribution >= 4 is 23.7 Å². The largest absolute Gasteiger partial charge is 0.496 e. The standard InChI is InChI=1S/C15H20ClNO5/c1-15(2,3)22-14(20)17-10(8-12(18)19)13-9(16)6-5-7-11(13)21-4/h5-7,10H,8H2,1-4H3,(H,17,20)(H,18,19)/t10-/m1/s1. The number of carbonyl (C=O) groups is 2. The van der Waals surface area contributed by atoms with Crippen LogP contribution >= 0.6 is 11.6 Å². The zero-order chi connectivity index (χ0) is 16.9. The summed E-state index contributed by atoms with van der Waals surface area (Å²) in [5.41, 5.74) is -0.289. The summed E-state index contributed by atoms with van der Waals surface area (Å²) in [6.45, 7) is 5.15. The predicted molar refractivity (Wildman–Crippen MR) is 82.4 cm³/mol. The van der Waals surface area contributed by atoms with Gasteiger partial charge >= 0.3 is 12.1 Å². The number of aliphatic carboxylic acids is 1. The number of amides is 1. The number of carboxylic acids is 1. The highest BCUT2D eigenvalue weighted by Crippen LogP contribution is 2.34. The first-order valence-corrected chi connectivity index (χ1v) is 7.05. The summed E-state index contributed by atoms with van der Waals surface area (Å²) in [7, 11) is 1.44. The van der Waals surface area contributed by atoms with Gasteiger partial charge < -0.3 is 19.9 Å². The number of benzene rings is 1. The van der Waals surface area contributed by atoms with Gasteiger partial charge in [0, 0.05) is 10.6 Å². The topological polar surface area (TPSA) is 84.9 Å². The minimum atomic E-state index is -1.08. The lowest BCUT2D eigenvalue weighted by molar-refractivity contribution is -0.137. The Bertz CT molecular complexity index is 553. The van der Waals surface area contributed by atoms with E-state index in [1.54, 1.807) is 39.0 Å². The molecule has 122 valence electrons. The smallest absolute Gasteiger partial charge is 0.408 e. The van der Waals surface area contributed by atoms with E-state index in [4.69, 9.17) is 26.2 Å². The van der Waals surface area contributed by atoms with Crippen LogP contribution in [0.4, 0.5) is 4.79 Å². The third-order valence-corrected chi connectivity index (χ3v) is 2.98. The second kappa shape index (κ2) is 7.35. The molecule has 22 heavy (non-hydrogen) atoms. The van der Waals surface area contributed by atoms with Crippen molar-refractivity contribution in [3.8, 4) is 5.75 Å². The lowest BCUT2D eigenvalue weighted by Gasteiger charge is -2.24. The highest BCUT2D eigenvalue weighted by atomic mass is 35.5. The van der Waals surface area contributed by atoms with E-state index in [-0.39, 0.29) is 6.42 Å². The quantitative estimate of drug-likeness (QED) is 0.865. The molecular weight excluding hydrogens is 310 g/mol. The Morgan fingerprint density at radius 1 is 1.36 bits per heavy atom. The summed E-state index contributed by atoms with van der Waals surface area (Å²) >= 11 is 6.14. The molecule has 1 aromatic rings. The molecule has 0 saturated heterocycles. The number of nitrogens with one attached hydrogen (secondary N) is 1. The van der Waals surface area contributed by atoms with Crippen LogP contribution in [0.1, 0.15) is 38.8 Å². The molecular formula is C15H20ClNO5. The molecule has 1 amide bonds. The fourth-order valence-electron chi connectivity index (χ4n) is 1.88. The first-order valence-electron chi connectivity index (χ1n) is 6.67. The van der Waals surface area contributed by atoms with Crippen LogP contribution in [-0.4, -0.2) is 29.9 Å². The Balaban J connectivity index is 3.09. The van der Waals surface area contributed by atoms with E-state index in [1.165, 1.54) is 7.11 Å². The van der Waals surface area contributed by atoms with Crippen molar-refractivity contribution in [1.29, 1.82) is 0 Å². The molecule has 0 aromatic heterocycles. The predicted octanol–water partition coefficient (Wildman–Crippen LogP) is 3.39. The molecule has 1 rings (SSSR count). The Morgan fingerprint density at radius 3 is 2.50 bits per heavy atom. The van der Waals surface area contributed by atoms with Crippen LogP contribution in [0.15, 0.2) is 18.2 Å². The molecule has 0 aliphatic heterocycles. The van der Waals surface area contributed by atoms with Gasteiger partial charge in [-0.25, -0.2) is 4.79 Å². The summed E-state index contributed by atoms with van der Waals surface area (Å²) in [6.07, 6.45) is -1.07. The summed E-state index contributed by atoms with van der Waals surface area (Å²) in [6, 6.07) is 4.06. The van der Waals surface area contributed by atoms with Gasteiger partial charge in [0.05, 0.1) is 19.6 Å². The number of hydrogen-bond donors (Lipinski definition) is 2. The van der Waals surface area contributed by atoms with E-state index in [0.717, 1.165) is 0 Å². The summed E-state index contributed by atoms with van der Waals surface area (Å²) in [4.78, 5) is 23.0. The van der Waals surface area contributed by atoms with Crippen molar-refractivity contribution in [2.45, 2.75) is 38.8 Å². The van der Waals surface area contributed by atoms with Crippen molar-refractivity contribution in [1.82, 2.24) is 5.32 Å². The van der Waals surface area contributed by atoms with Crippen molar-refractivity contribution < 1.29 is 24.2 Å². The molecule has 2 N–H and O–H groups in total.